The first-order valence-electron chi connectivity index (χ1n) is 30.3. The number of likely N-dealkylation sites (N-methyl/N-ethyl adjacent to an activating group) is 2. The van der Waals surface area contributed by atoms with Crippen LogP contribution in [0.3, 0.4) is 0 Å². The monoisotopic (exact) mass is 1230 g/mol. The standard InChI is InChI=1S/C69H88N10O11/c1-41(2)54(35-43(5)66(87)88)78(13)65(86)61(68(6,7)8)76-64(85)60(71-11)69(9,10)51-39-77(12)55-36-45(26-31-50(51)55)37-58(82)90-40-44-24-29-49(30-25-44)73-62(83)52(22-18-34-72-67(70)89)74-63(84)59(42(3)4)75-56(80)32-33-57(81)79-38-48-21-15-14-19-46(48)27-28-47-20-16-17-23-53(47)79/h14-17,19-21,23-26,29-31,35-36,39,41-42,52,54,59-61,71H,18,22,32-34,37-38,40H2,1-13H3,(H,73,83)(H,74,84)(H,75,80)(H,76,85)(H,87,88)(H3,70,72,89)/b43-35+/t52-,54+,59-,60?,61+/m0/s1. The Bertz CT molecular complexity index is 3570. The van der Waals surface area contributed by atoms with E-state index in [1.165, 1.54) is 11.8 Å². The number of aliphatic carboxylic acids is 1. The number of fused-ring (bicyclic) bond motifs is 3. The van der Waals surface area contributed by atoms with Gasteiger partial charge in [0.2, 0.25) is 35.4 Å². The fourth-order valence-electron chi connectivity index (χ4n) is 11.0. The fourth-order valence-corrected chi connectivity index (χ4v) is 11.0. The third-order valence-electron chi connectivity index (χ3n) is 16.2. The van der Waals surface area contributed by atoms with Crippen molar-refractivity contribution >= 4 is 75.7 Å². The Labute approximate surface area is 527 Å². The maximum Gasteiger partial charge on any atom is 0.331 e. The Morgan fingerprint density at radius 3 is 2.06 bits per heavy atom. The van der Waals surface area contributed by atoms with Crippen LogP contribution in [0.2, 0.25) is 0 Å². The second kappa shape index (κ2) is 30.8. The van der Waals surface area contributed by atoms with Crippen LogP contribution in [0.4, 0.5) is 16.2 Å². The number of aryl methyl sites for hydroxylation is 1. The molecule has 1 aliphatic rings. The molecule has 0 aliphatic carbocycles. The van der Waals surface area contributed by atoms with E-state index in [1.54, 1.807) is 63.2 Å². The molecular weight excluding hydrogens is 1140 g/mol. The summed E-state index contributed by atoms with van der Waals surface area (Å²) in [6.45, 7) is 18.6. The third-order valence-corrected chi connectivity index (χ3v) is 16.2. The smallest absolute Gasteiger partial charge is 0.331 e. The lowest BCUT2D eigenvalue weighted by atomic mass is 9.76. The van der Waals surface area contributed by atoms with Gasteiger partial charge >= 0.3 is 18.0 Å². The number of carboxylic acid groups (broad SMARTS) is 1. The predicted octanol–water partition coefficient (Wildman–Crippen LogP) is 7.11. The summed E-state index contributed by atoms with van der Waals surface area (Å²) in [5.74, 6) is 1.50. The van der Waals surface area contributed by atoms with Crippen molar-refractivity contribution in [3.8, 4) is 11.8 Å². The van der Waals surface area contributed by atoms with Crippen molar-refractivity contribution in [3.63, 3.8) is 0 Å². The topological polar surface area (TPSA) is 293 Å². The quantitative estimate of drug-likeness (QED) is 0.0113. The van der Waals surface area contributed by atoms with Crippen molar-refractivity contribution < 1.29 is 53.0 Å². The van der Waals surface area contributed by atoms with Crippen molar-refractivity contribution in [3.05, 3.63) is 142 Å². The van der Waals surface area contributed by atoms with Crippen LogP contribution in [-0.2, 0) is 75.1 Å². The zero-order valence-corrected chi connectivity index (χ0v) is 54.0. The molecule has 8 amide bonds. The van der Waals surface area contributed by atoms with Crippen LogP contribution in [0.15, 0.2) is 109 Å². The van der Waals surface area contributed by atoms with E-state index in [4.69, 9.17) is 10.5 Å². The van der Waals surface area contributed by atoms with Crippen LogP contribution < -0.4 is 42.5 Å². The summed E-state index contributed by atoms with van der Waals surface area (Å²) in [4.78, 5) is 124. The van der Waals surface area contributed by atoms with Crippen LogP contribution in [0, 0.1) is 29.1 Å². The van der Waals surface area contributed by atoms with E-state index in [9.17, 15) is 48.3 Å². The number of rotatable bonds is 27. The van der Waals surface area contributed by atoms with Gasteiger partial charge in [0.25, 0.3) is 0 Å². The molecule has 0 spiro atoms. The van der Waals surface area contributed by atoms with E-state index in [0.717, 1.165) is 27.6 Å². The van der Waals surface area contributed by atoms with Gasteiger partial charge in [-0.3, -0.25) is 33.6 Å². The molecule has 21 heteroatoms. The summed E-state index contributed by atoms with van der Waals surface area (Å²) < 4.78 is 7.63. The summed E-state index contributed by atoms with van der Waals surface area (Å²) in [6, 6.07) is 22.0. The number of hydrogen-bond donors (Lipinski definition) is 8. The number of carboxylic acids is 1. The molecule has 0 radical (unpaired) electrons. The normalized spacial score (nSPS) is 14.0. The molecule has 1 unspecified atom stereocenters. The van der Waals surface area contributed by atoms with Gasteiger partial charge in [0, 0.05) is 78.4 Å². The first kappa shape index (κ1) is 69.8. The van der Waals surface area contributed by atoms with Crippen LogP contribution >= 0.6 is 0 Å². The highest BCUT2D eigenvalue weighted by atomic mass is 16.5. The maximum atomic E-state index is 14.4. The average Bonchev–Trinajstić information content (AvgIpc) is 1.57. The van der Waals surface area contributed by atoms with E-state index in [1.807, 2.05) is 133 Å². The van der Waals surface area contributed by atoms with Crippen LogP contribution in [0.5, 0.6) is 0 Å². The summed E-state index contributed by atoms with van der Waals surface area (Å²) in [5, 5.41) is 27.6. The number of amides is 8. The molecule has 6 rings (SSSR count). The highest BCUT2D eigenvalue weighted by Crippen LogP contribution is 2.36. The van der Waals surface area contributed by atoms with Gasteiger partial charge in [0.15, 0.2) is 0 Å². The molecule has 21 nitrogen and oxygen atoms in total. The Balaban J connectivity index is 1.05. The Morgan fingerprint density at radius 1 is 0.778 bits per heavy atom. The average molecular weight is 1230 g/mol. The van der Waals surface area contributed by atoms with Gasteiger partial charge in [-0.2, -0.15) is 0 Å². The number of urea groups is 1. The van der Waals surface area contributed by atoms with E-state index in [2.05, 4.69) is 43.7 Å². The van der Waals surface area contributed by atoms with E-state index in [0.29, 0.717) is 28.1 Å². The number of nitrogens with zero attached hydrogens (tertiary/aromatic N) is 3. The van der Waals surface area contributed by atoms with E-state index < -0.39 is 88.6 Å². The van der Waals surface area contributed by atoms with Gasteiger partial charge in [-0.05, 0) is 103 Å². The van der Waals surface area contributed by atoms with Gasteiger partial charge < -0.3 is 61.8 Å². The number of ether oxygens (including phenoxy) is 1. The number of esters is 1. The van der Waals surface area contributed by atoms with Gasteiger partial charge in [-0.15, -0.1) is 0 Å². The molecule has 0 saturated carbocycles. The van der Waals surface area contributed by atoms with Crippen molar-refractivity contribution in [1.82, 2.24) is 36.1 Å². The second-order valence-corrected chi connectivity index (χ2v) is 25.3. The molecule has 0 fully saturated rings. The zero-order chi connectivity index (χ0) is 66.4. The van der Waals surface area contributed by atoms with Crippen LogP contribution in [0.25, 0.3) is 10.9 Å². The minimum absolute atomic E-state index is 0.0427. The van der Waals surface area contributed by atoms with E-state index in [-0.39, 0.29) is 75.1 Å². The number of carbonyl (C=O) groups is 9. The molecule has 480 valence electrons. The van der Waals surface area contributed by atoms with Crippen molar-refractivity contribution in [2.45, 2.75) is 150 Å². The molecule has 0 bridgehead atoms. The second-order valence-electron chi connectivity index (χ2n) is 25.3. The number of para-hydroxylation sites is 1. The highest BCUT2D eigenvalue weighted by Gasteiger charge is 2.43. The Kier molecular flexibility index (Phi) is 23.9. The number of carbonyl (C=O) groups excluding carboxylic acids is 8. The number of benzene rings is 4. The highest BCUT2D eigenvalue weighted by molar-refractivity contribution is 6.00. The SMILES string of the molecule is CNC(C(=O)N[C@H](C(=O)N(C)[C@H](/C=C(\C)C(=O)O)C(C)C)C(C)(C)C)C(C)(C)c1cn(C)c2cc(CC(=O)OCc3ccc(NC(=O)[C@H](CCCNC(N)=O)NC(=O)[C@@H](NC(=O)CCC(=O)N4Cc5ccccc5C#Cc5ccccc54)C(C)C)cc3)ccc12. The molecular formula is C69H88N10O11. The van der Waals surface area contributed by atoms with Crippen molar-refractivity contribution in [2.24, 2.45) is 30.0 Å². The molecule has 1 aliphatic heterocycles. The van der Waals surface area contributed by atoms with Crippen molar-refractivity contribution in [1.29, 1.82) is 0 Å². The van der Waals surface area contributed by atoms with Crippen LogP contribution in [0.1, 0.15) is 128 Å². The van der Waals surface area contributed by atoms with Gasteiger partial charge in [-0.1, -0.05) is 135 Å². The number of anilines is 2. The molecule has 5 aromatic rings. The Morgan fingerprint density at radius 2 is 1.42 bits per heavy atom. The lowest BCUT2D eigenvalue weighted by Crippen LogP contribution is -2.61. The number of nitrogens with one attached hydrogen (secondary N) is 6. The van der Waals surface area contributed by atoms with Crippen LogP contribution in [-0.4, -0.2) is 119 Å². The number of primary amides is 1. The fraction of sp³-hybridized carbons (Fsp3) is 0.435. The predicted molar refractivity (Wildman–Crippen MR) is 346 cm³/mol. The van der Waals surface area contributed by atoms with Gasteiger partial charge in [0.1, 0.15) is 24.7 Å². The number of hydrogen-bond acceptors (Lipinski definition) is 11. The maximum absolute atomic E-state index is 14.4. The number of aromatic nitrogens is 1. The molecule has 5 atom stereocenters. The largest absolute Gasteiger partial charge is 0.478 e. The molecule has 9 N–H and O–H groups in total. The van der Waals surface area contributed by atoms with Crippen molar-refractivity contribution in [2.75, 3.05) is 30.9 Å². The van der Waals surface area contributed by atoms with E-state index >= 15 is 0 Å². The first-order chi connectivity index (χ1) is 42.4. The summed E-state index contributed by atoms with van der Waals surface area (Å²) in [7, 11) is 5.20. The minimum Gasteiger partial charge on any atom is -0.478 e. The van der Waals surface area contributed by atoms with Gasteiger partial charge in [0.05, 0.1) is 30.7 Å². The van der Waals surface area contributed by atoms with Gasteiger partial charge in [-0.25, -0.2) is 9.59 Å². The molecule has 4 aromatic carbocycles. The molecule has 0 saturated heterocycles. The number of nitrogens with two attached hydrogens (primary N) is 1. The molecule has 1 aromatic heterocycles. The summed E-state index contributed by atoms with van der Waals surface area (Å²) in [5.41, 5.74) is 10.2. The lowest BCUT2D eigenvalue weighted by Gasteiger charge is -2.39. The molecule has 2 heterocycles. The summed E-state index contributed by atoms with van der Waals surface area (Å²) >= 11 is 0. The Hall–Kier alpha value is -9.29. The summed E-state index contributed by atoms with van der Waals surface area (Å²) in [6.07, 6.45) is 3.47. The zero-order valence-electron chi connectivity index (χ0n) is 54.0. The minimum atomic E-state index is -1.11. The first-order valence-corrected chi connectivity index (χ1v) is 30.3. The third kappa shape index (κ3) is 18.2. The molecule has 90 heavy (non-hydrogen) atoms. The lowest BCUT2D eigenvalue weighted by molar-refractivity contribution is -0.144.